The number of sulfonamides is 1. The Kier molecular flexibility index (Phi) is 4.86. The van der Waals surface area contributed by atoms with Gasteiger partial charge in [0.2, 0.25) is 15.9 Å². The van der Waals surface area contributed by atoms with Gasteiger partial charge in [0.15, 0.2) is 0 Å². The SMILES string of the molecule is Cc1c(F)cc(C(N)=O)cc1NS(=O)(=O)CCc1ccc2c(c1)CCO2. The summed E-state index contributed by atoms with van der Waals surface area (Å²) in [6.07, 6.45) is 1.12. The minimum Gasteiger partial charge on any atom is -0.493 e. The summed E-state index contributed by atoms with van der Waals surface area (Å²) in [5.74, 6) is -0.861. The van der Waals surface area contributed by atoms with Crippen molar-refractivity contribution in [2.45, 2.75) is 19.8 Å². The first-order valence-corrected chi connectivity index (χ1v) is 9.75. The number of carbonyl (C=O) groups excluding carboxylic acids is 1. The molecule has 26 heavy (non-hydrogen) atoms. The lowest BCUT2D eigenvalue weighted by molar-refractivity contribution is 0.1000. The van der Waals surface area contributed by atoms with Crippen LogP contribution in [0.15, 0.2) is 30.3 Å². The first kappa shape index (κ1) is 18.2. The Morgan fingerprint density at radius 3 is 2.81 bits per heavy atom. The monoisotopic (exact) mass is 378 g/mol. The lowest BCUT2D eigenvalue weighted by Crippen LogP contribution is -2.20. The van der Waals surface area contributed by atoms with Crippen molar-refractivity contribution >= 4 is 21.6 Å². The van der Waals surface area contributed by atoms with Crippen LogP contribution in [-0.2, 0) is 22.9 Å². The van der Waals surface area contributed by atoms with Gasteiger partial charge in [0.25, 0.3) is 0 Å². The summed E-state index contributed by atoms with van der Waals surface area (Å²) < 4.78 is 46.4. The van der Waals surface area contributed by atoms with Crippen LogP contribution in [0.25, 0.3) is 0 Å². The number of ether oxygens (including phenoxy) is 1. The molecule has 3 N–H and O–H groups in total. The zero-order valence-corrected chi connectivity index (χ0v) is 15.0. The summed E-state index contributed by atoms with van der Waals surface area (Å²) in [4.78, 5) is 11.3. The van der Waals surface area contributed by atoms with Gasteiger partial charge in [-0.2, -0.15) is 0 Å². The second-order valence-electron chi connectivity index (χ2n) is 6.21. The van der Waals surface area contributed by atoms with E-state index in [1.807, 2.05) is 18.2 Å². The minimum absolute atomic E-state index is 0.0150. The molecule has 2 aromatic carbocycles. The molecular weight excluding hydrogens is 359 g/mol. The van der Waals surface area contributed by atoms with Crippen LogP contribution in [0.1, 0.15) is 27.0 Å². The van der Waals surface area contributed by atoms with Crippen LogP contribution in [0.5, 0.6) is 5.75 Å². The third-order valence-corrected chi connectivity index (χ3v) is 5.58. The van der Waals surface area contributed by atoms with Gasteiger partial charge in [0, 0.05) is 17.5 Å². The average molecular weight is 378 g/mol. The molecule has 0 bridgehead atoms. The van der Waals surface area contributed by atoms with Gasteiger partial charge < -0.3 is 10.5 Å². The van der Waals surface area contributed by atoms with Gasteiger partial charge in [-0.3, -0.25) is 9.52 Å². The maximum absolute atomic E-state index is 13.9. The highest BCUT2D eigenvalue weighted by Gasteiger charge is 2.17. The van der Waals surface area contributed by atoms with Gasteiger partial charge in [-0.05, 0) is 42.7 Å². The number of anilines is 1. The van der Waals surface area contributed by atoms with E-state index < -0.39 is 21.7 Å². The lowest BCUT2D eigenvalue weighted by atomic mass is 10.1. The van der Waals surface area contributed by atoms with Crippen LogP contribution in [0, 0.1) is 12.7 Å². The second kappa shape index (κ2) is 6.95. The van der Waals surface area contributed by atoms with Crippen molar-refractivity contribution in [1.82, 2.24) is 0 Å². The summed E-state index contributed by atoms with van der Waals surface area (Å²) in [5.41, 5.74) is 7.13. The molecular formula is C18H19FN2O4S. The Labute approximate surface area is 151 Å². The van der Waals surface area contributed by atoms with Gasteiger partial charge in [0.1, 0.15) is 11.6 Å². The fraction of sp³-hybridized carbons (Fsp3) is 0.278. The molecule has 6 nitrogen and oxygen atoms in total. The number of primary amides is 1. The Hall–Kier alpha value is -2.61. The molecule has 0 unspecified atom stereocenters. The molecule has 0 aromatic heterocycles. The number of carbonyl (C=O) groups is 1. The van der Waals surface area contributed by atoms with E-state index in [2.05, 4.69) is 4.72 Å². The zero-order valence-electron chi connectivity index (χ0n) is 14.2. The van der Waals surface area contributed by atoms with Crippen LogP contribution in [0.2, 0.25) is 0 Å². The van der Waals surface area contributed by atoms with Gasteiger partial charge >= 0.3 is 0 Å². The van der Waals surface area contributed by atoms with Crippen molar-refractivity contribution < 1.29 is 22.3 Å². The predicted molar refractivity (Wildman–Crippen MR) is 96.4 cm³/mol. The quantitative estimate of drug-likeness (QED) is 0.805. The maximum Gasteiger partial charge on any atom is 0.248 e. The molecule has 8 heteroatoms. The number of hydrogen-bond donors (Lipinski definition) is 2. The Balaban J connectivity index is 1.74. The molecule has 138 valence electrons. The fourth-order valence-electron chi connectivity index (χ4n) is 2.79. The molecule has 0 aliphatic carbocycles. The smallest absolute Gasteiger partial charge is 0.248 e. The number of benzene rings is 2. The van der Waals surface area contributed by atoms with E-state index >= 15 is 0 Å². The first-order valence-electron chi connectivity index (χ1n) is 8.10. The predicted octanol–water partition coefficient (Wildman–Crippen LogP) is 2.15. The van der Waals surface area contributed by atoms with Gasteiger partial charge in [-0.15, -0.1) is 0 Å². The number of rotatable bonds is 6. The Bertz CT molecular complexity index is 973. The van der Waals surface area contributed by atoms with E-state index in [0.717, 1.165) is 29.4 Å². The van der Waals surface area contributed by atoms with Gasteiger partial charge in [0.05, 0.1) is 18.0 Å². The Morgan fingerprint density at radius 1 is 1.31 bits per heavy atom. The molecule has 1 amide bonds. The summed E-state index contributed by atoms with van der Waals surface area (Å²) in [6.45, 7) is 2.07. The van der Waals surface area contributed by atoms with Crippen LogP contribution in [-0.4, -0.2) is 26.7 Å². The third-order valence-electron chi connectivity index (χ3n) is 4.31. The molecule has 1 heterocycles. The molecule has 0 spiro atoms. The summed E-state index contributed by atoms with van der Waals surface area (Å²) in [5, 5.41) is 0. The van der Waals surface area contributed by atoms with E-state index in [0.29, 0.717) is 13.0 Å². The largest absolute Gasteiger partial charge is 0.493 e. The Morgan fingerprint density at radius 2 is 2.08 bits per heavy atom. The van der Waals surface area contributed by atoms with Crippen LogP contribution >= 0.6 is 0 Å². The number of nitrogens with one attached hydrogen (secondary N) is 1. The van der Waals surface area contributed by atoms with E-state index in [1.54, 1.807) is 0 Å². The van der Waals surface area contributed by atoms with Crippen molar-refractivity contribution in [3.63, 3.8) is 0 Å². The molecule has 0 fully saturated rings. The van der Waals surface area contributed by atoms with Crippen molar-refractivity contribution in [1.29, 1.82) is 0 Å². The fourth-order valence-corrected chi connectivity index (χ4v) is 3.95. The first-order chi connectivity index (χ1) is 12.2. The molecule has 3 rings (SSSR count). The van der Waals surface area contributed by atoms with E-state index in [1.165, 1.54) is 13.0 Å². The standard InChI is InChI=1S/C18H19FN2O4S/c1-11-15(19)9-14(18(20)22)10-16(11)21-26(23,24)7-5-12-2-3-17-13(8-12)4-6-25-17/h2-3,8-10,21H,4-7H2,1H3,(H2,20,22). The minimum atomic E-state index is -3.73. The molecule has 1 aliphatic heterocycles. The van der Waals surface area contributed by atoms with Crippen molar-refractivity contribution in [3.8, 4) is 5.75 Å². The van der Waals surface area contributed by atoms with Crippen LogP contribution in [0.3, 0.4) is 0 Å². The van der Waals surface area contributed by atoms with Gasteiger partial charge in [-0.1, -0.05) is 12.1 Å². The van der Waals surface area contributed by atoms with E-state index in [9.17, 15) is 17.6 Å². The highest BCUT2D eigenvalue weighted by molar-refractivity contribution is 7.92. The van der Waals surface area contributed by atoms with Crippen LogP contribution in [0.4, 0.5) is 10.1 Å². The van der Waals surface area contributed by atoms with Crippen molar-refractivity contribution in [3.05, 3.63) is 58.4 Å². The van der Waals surface area contributed by atoms with Crippen molar-refractivity contribution in [2.75, 3.05) is 17.1 Å². The summed E-state index contributed by atoms with van der Waals surface area (Å²) in [7, 11) is -3.73. The highest BCUT2D eigenvalue weighted by Crippen LogP contribution is 2.26. The molecule has 0 radical (unpaired) electrons. The average Bonchev–Trinajstić information content (AvgIpc) is 3.04. The van der Waals surface area contributed by atoms with Crippen LogP contribution < -0.4 is 15.2 Å². The topological polar surface area (TPSA) is 98.5 Å². The number of hydrogen-bond acceptors (Lipinski definition) is 4. The molecule has 1 aliphatic rings. The third kappa shape index (κ3) is 3.96. The number of fused-ring (bicyclic) bond motifs is 1. The lowest BCUT2D eigenvalue weighted by Gasteiger charge is -2.12. The number of halogens is 1. The molecule has 0 saturated carbocycles. The second-order valence-corrected chi connectivity index (χ2v) is 8.05. The normalized spacial score (nSPS) is 13.2. The summed E-state index contributed by atoms with van der Waals surface area (Å²) >= 11 is 0. The molecule has 0 atom stereocenters. The highest BCUT2D eigenvalue weighted by atomic mass is 32.2. The molecule has 2 aromatic rings. The summed E-state index contributed by atoms with van der Waals surface area (Å²) in [6, 6.07) is 7.84. The number of amides is 1. The number of aryl methyl sites for hydroxylation is 1. The number of nitrogens with two attached hydrogens (primary N) is 1. The van der Waals surface area contributed by atoms with E-state index in [-0.39, 0.29) is 22.6 Å². The zero-order chi connectivity index (χ0) is 18.9. The maximum atomic E-state index is 13.9. The molecule has 0 saturated heterocycles. The van der Waals surface area contributed by atoms with E-state index in [4.69, 9.17) is 10.5 Å². The van der Waals surface area contributed by atoms with Gasteiger partial charge in [-0.25, -0.2) is 12.8 Å². The van der Waals surface area contributed by atoms with Crippen molar-refractivity contribution in [2.24, 2.45) is 5.73 Å².